The van der Waals surface area contributed by atoms with Crippen molar-refractivity contribution in [3.8, 4) is 0 Å². The summed E-state index contributed by atoms with van der Waals surface area (Å²) in [5.41, 5.74) is 0.192. The fourth-order valence-electron chi connectivity index (χ4n) is 4.24. The minimum atomic E-state index is -0.360. The van der Waals surface area contributed by atoms with Gasteiger partial charge in [-0.2, -0.15) is 5.10 Å². The van der Waals surface area contributed by atoms with Crippen LogP contribution in [0.25, 0.3) is 0 Å². The largest absolute Gasteiger partial charge is 0.342 e. The number of likely N-dealkylation sites (tertiary alicyclic amines) is 2. The second-order valence-corrected chi connectivity index (χ2v) is 8.74. The first kappa shape index (κ1) is 17.2. The second kappa shape index (κ2) is 6.35. The van der Waals surface area contributed by atoms with Gasteiger partial charge in [0.2, 0.25) is 5.91 Å². The Morgan fingerprint density at radius 3 is 2.71 bits per heavy atom. The summed E-state index contributed by atoms with van der Waals surface area (Å²) in [6.45, 7) is 11.9. The van der Waals surface area contributed by atoms with Gasteiger partial charge in [-0.05, 0) is 31.2 Å². The summed E-state index contributed by atoms with van der Waals surface area (Å²) in [6.07, 6.45) is 3.67. The van der Waals surface area contributed by atoms with Gasteiger partial charge in [0.05, 0.1) is 6.42 Å². The smallest absolute Gasteiger partial charge is 0.340 e. The number of nitrogens with zero attached hydrogens (tertiary/aromatic N) is 3. The first-order chi connectivity index (χ1) is 11.2. The number of nitrogens with one attached hydrogen (secondary N) is 2. The van der Waals surface area contributed by atoms with Crippen molar-refractivity contribution >= 4 is 5.91 Å². The van der Waals surface area contributed by atoms with Crippen molar-refractivity contribution in [2.24, 2.45) is 10.8 Å². The minimum Gasteiger partial charge on any atom is -0.342 e. The molecule has 1 aromatic heterocycles. The Morgan fingerprint density at radius 1 is 1.25 bits per heavy atom. The number of carbonyl (C=O) groups is 1. The van der Waals surface area contributed by atoms with E-state index < -0.39 is 0 Å². The van der Waals surface area contributed by atoms with Crippen LogP contribution in [0.2, 0.25) is 0 Å². The molecule has 2 N–H and O–H groups in total. The topological polar surface area (TPSA) is 85.1 Å². The molecule has 3 rings (SSSR count). The van der Waals surface area contributed by atoms with Gasteiger partial charge in [-0.1, -0.05) is 20.8 Å². The molecule has 2 aliphatic rings. The molecule has 0 aliphatic carbocycles. The summed E-state index contributed by atoms with van der Waals surface area (Å²) >= 11 is 0. The molecule has 2 fully saturated rings. The Morgan fingerprint density at radius 2 is 2.04 bits per heavy atom. The summed E-state index contributed by atoms with van der Waals surface area (Å²) in [5.74, 6) is 0.478. The van der Waals surface area contributed by atoms with E-state index in [0.717, 1.165) is 32.6 Å². The van der Waals surface area contributed by atoms with Crippen LogP contribution in [0.4, 0.5) is 0 Å². The average Bonchev–Trinajstić information content (AvgIpc) is 3.04. The predicted molar refractivity (Wildman–Crippen MR) is 91.7 cm³/mol. The molecular weight excluding hydrogens is 306 g/mol. The highest BCUT2D eigenvalue weighted by Crippen LogP contribution is 2.39. The number of piperidine rings is 1. The highest BCUT2D eigenvalue weighted by molar-refractivity contribution is 5.78. The van der Waals surface area contributed by atoms with Gasteiger partial charge in [-0.3, -0.25) is 9.78 Å². The van der Waals surface area contributed by atoms with Crippen molar-refractivity contribution in [3.63, 3.8) is 0 Å². The number of hydrogen-bond donors (Lipinski definition) is 2. The van der Waals surface area contributed by atoms with Gasteiger partial charge in [-0.25, -0.2) is 9.89 Å². The number of hydrogen-bond acceptors (Lipinski definition) is 4. The van der Waals surface area contributed by atoms with Crippen LogP contribution in [0, 0.1) is 10.8 Å². The van der Waals surface area contributed by atoms with Gasteiger partial charge < -0.3 is 9.80 Å². The third kappa shape index (κ3) is 4.06. The Balaban J connectivity index is 1.59. The molecule has 2 saturated heterocycles. The van der Waals surface area contributed by atoms with E-state index in [1.54, 1.807) is 0 Å². The number of rotatable bonds is 3. The molecule has 7 heteroatoms. The molecule has 0 aromatic carbocycles. The number of aromatic amines is 2. The molecule has 0 bridgehead atoms. The average molecular weight is 335 g/mol. The fraction of sp³-hybridized carbons (Fsp3) is 0.824. The van der Waals surface area contributed by atoms with Crippen LogP contribution in [-0.2, 0) is 11.2 Å². The zero-order chi connectivity index (χ0) is 17.4. The molecule has 24 heavy (non-hydrogen) atoms. The Labute approximate surface area is 142 Å². The highest BCUT2D eigenvalue weighted by Gasteiger charge is 2.43. The van der Waals surface area contributed by atoms with Gasteiger partial charge in [0.15, 0.2) is 0 Å². The summed E-state index contributed by atoms with van der Waals surface area (Å²) in [6, 6.07) is 0. The fourth-order valence-corrected chi connectivity index (χ4v) is 4.24. The molecule has 0 radical (unpaired) electrons. The molecule has 1 spiro atoms. The quantitative estimate of drug-likeness (QED) is 0.863. The maximum Gasteiger partial charge on any atom is 0.340 e. The predicted octanol–water partition coefficient (Wildman–Crippen LogP) is 1.00. The Hall–Kier alpha value is -1.63. The molecule has 2 aliphatic heterocycles. The zero-order valence-corrected chi connectivity index (χ0v) is 15.0. The van der Waals surface area contributed by atoms with Gasteiger partial charge in [0.1, 0.15) is 5.82 Å². The first-order valence-corrected chi connectivity index (χ1v) is 8.89. The van der Waals surface area contributed by atoms with Gasteiger partial charge in [0.25, 0.3) is 0 Å². The van der Waals surface area contributed by atoms with Crippen LogP contribution in [0.15, 0.2) is 4.79 Å². The number of carbonyl (C=O) groups excluding carboxylic acids is 1. The molecule has 134 valence electrons. The van der Waals surface area contributed by atoms with Crippen LogP contribution in [0.3, 0.4) is 0 Å². The van der Waals surface area contributed by atoms with Crippen LogP contribution in [0.5, 0.6) is 0 Å². The van der Waals surface area contributed by atoms with Crippen LogP contribution in [0.1, 0.15) is 45.9 Å². The lowest BCUT2D eigenvalue weighted by atomic mass is 9.78. The summed E-state index contributed by atoms with van der Waals surface area (Å²) in [4.78, 5) is 30.7. The molecular formula is C17H29N5O2. The van der Waals surface area contributed by atoms with E-state index in [2.05, 4.69) is 40.9 Å². The lowest BCUT2D eigenvalue weighted by Crippen LogP contribution is -2.47. The van der Waals surface area contributed by atoms with E-state index in [0.29, 0.717) is 11.2 Å². The van der Waals surface area contributed by atoms with Crippen LogP contribution >= 0.6 is 0 Å². The molecule has 0 unspecified atom stereocenters. The molecule has 7 nitrogen and oxygen atoms in total. The third-order valence-electron chi connectivity index (χ3n) is 5.10. The number of amides is 1. The summed E-state index contributed by atoms with van der Waals surface area (Å²) < 4.78 is 0. The zero-order valence-electron chi connectivity index (χ0n) is 15.0. The molecule has 1 aromatic rings. The summed E-state index contributed by atoms with van der Waals surface area (Å²) in [5, 5.41) is 6.15. The van der Waals surface area contributed by atoms with Crippen molar-refractivity contribution in [3.05, 3.63) is 16.3 Å². The minimum absolute atomic E-state index is 0.0579. The summed E-state index contributed by atoms with van der Waals surface area (Å²) in [7, 11) is 0. The van der Waals surface area contributed by atoms with Crippen molar-refractivity contribution in [1.82, 2.24) is 25.0 Å². The molecule has 3 heterocycles. The van der Waals surface area contributed by atoms with E-state index in [9.17, 15) is 9.59 Å². The van der Waals surface area contributed by atoms with Crippen molar-refractivity contribution in [2.75, 3.05) is 32.7 Å². The standard InChI is InChI=1S/C17H29N5O2/c1-16(2,3)10-21-7-4-5-17(11-21)6-8-22(12-17)14(23)9-13-18-15(24)20-19-13/h4-12H2,1-3H3,(H2,18,19,20,24)/t17-/m1/s1. The van der Waals surface area contributed by atoms with E-state index in [4.69, 9.17) is 0 Å². The van der Waals surface area contributed by atoms with E-state index in [1.165, 1.54) is 19.4 Å². The van der Waals surface area contributed by atoms with Crippen molar-refractivity contribution < 1.29 is 4.79 Å². The SMILES string of the molecule is CC(C)(C)CN1CCC[C@@]2(CCN(C(=O)Cc3n[nH]c(=O)[nH]3)C2)C1. The van der Waals surface area contributed by atoms with E-state index in [-0.39, 0.29) is 23.4 Å². The van der Waals surface area contributed by atoms with E-state index >= 15 is 0 Å². The van der Waals surface area contributed by atoms with Crippen LogP contribution < -0.4 is 5.69 Å². The molecule has 1 atom stereocenters. The highest BCUT2D eigenvalue weighted by atomic mass is 16.2. The van der Waals surface area contributed by atoms with Gasteiger partial charge in [-0.15, -0.1) is 0 Å². The maximum atomic E-state index is 12.5. The molecule has 1 amide bonds. The van der Waals surface area contributed by atoms with Crippen LogP contribution in [-0.4, -0.2) is 63.6 Å². The molecule has 0 saturated carbocycles. The second-order valence-electron chi connectivity index (χ2n) is 8.74. The van der Waals surface area contributed by atoms with Gasteiger partial charge in [0, 0.05) is 31.6 Å². The van der Waals surface area contributed by atoms with E-state index in [1.807, 2.05) is 4.90 Å². The lowest BCUT2D eigenvalue weighted by molar-refractivity contribution is -0.130. The van der Waals surface area contributed by atoms with Gasteiger partial charge >= 0.3 is 5.69 Å². The normalized spacial score (nSPS) is 25.5. The first-order valence-electron chi connectivity index (χ1n) is 8.89. The maximum absolute atomic E-state index is 12.5. The van der Waals surface area contributed by atoms with Crippen molar-refractivity contribution in [1.29, 1.82) is 0 Å². The Bertz CT molecular complexity index is 644. The lowest BCUT2D eigenvalue weighted by Gasteiger charge is -2.42. The number of H-pyrrole nitrogens is 2. The third-order valence-corrected chi connectivity index (χ3v) is 5.10. The Kier molecular flexibility index (Phi) is 4.55. The monoisotopic (exact) mass is 335 g/mol. The number of aromatic nitrogens is 3. The van der Waals surface area contributed by atoms with Crippen molar-refractivity contribution in [2.45, 2.75) is 46.5 Å².